The Morgan fingerprint density at radius 2 is 2.00 bits per heavy atom. The van der Waals surface area contributed by atoms with E-state index in [2.05, 4.69) is 4.98 Å². The number of nitro benzene ring substituents is 1. The third-order valence-corrected chi connectivity index (χ3v) is 3.44. The Hall–Kier alpha value is -2.93. The van der Waals surface area contributed by atoms with Crippen molar-refractivity contribution in [1.29, 1.82) is 0 Å². The zero-order chi connectivity index (χ0) is 17.1. The highest BCUT2D eigenvalue weighted by molar-refractivity contribution is 6.32. The summed E-state index contributed by atoms with van der Waals surface area (Å²) in [5, 5.41) is 10.8. The van der Waals surface area contributed by atoms with Crippen molar-refractivity contribution in [3.05, 3.63) is 75.4 Å². The first-order valence-electron chi connectivity index (χ1n) is 6.80. The molecule has 0 atom stereocenters. The Labute approximate surface area is 140 Å². The van der Waals surface area contributed by atoms with Crippen LogP contribution in [0.25, 0.3) is 11.5 Å². The van der Waals surface area contributed by atoms with Crippen LogP contribution < -0.4 is 4.74 Å². The maximum Gasteiger partial charge on any atom is 0.271 e. The first kappa shape index (κ1) is 15.9. The third kappa shape index (κ3) is 3.52. The molecule has 0 radical (unpaired) electrons. The zero-order valence-corrected chi connectivity index (χ0v) is 12.9. The number of oxazole rings is 1. The monoisotopic (exact) mass is 348 g/mol. The van der Waals surface area contributed by atoms with Crippen LogP contribution in [0.5, 0.6) is 5.75 Å². The fourth-order valence-corrected chi connectivity index (χ4v) is 2.20. The summed E-state index contributed by atoms with van der Waals surface area (Å²) in [5.41, 5.74) is 1.02. The van der Waals surface area contributed by atoms with Gasteiger partial charge < -0.3 is 9.15 Å². The molecule has 122 valence electrons. The average Bonchev–Trinajstić information content (AvgIpc) is 3.03. The minimum absolute atomic E-state index is 0.0717. The van der Waals surface area contributed by atoms with Crippen LogP contribution in [-0.2, 0) is 6.61 Å². The molecule has 0 bridgehead atoms. The first-order chi connectivity index (χ1) is 11.5. The molecule has 0 amide bonds. The van der Waals surface area contributed by atoms with Gasteiger partial charge in [0.25, 0.3) is 5.69 Å². The normalized spacial score (nSPS) is 10.6. The van der Waals surface area contributed by atoms with Gasteiger partial charge in [0.1, 0.15) is 30.1 Å². The molecule has 2 aromatic carbocycles. The second-order valence-corrected chi connectivity index (χ2v) is 5.22. The number of aromatic nitrogens is 1. The smallest absolute Gasteiger partial charge is 0.271 e. The van der Waals surface area contributed by atoms with Crippen molar-refractivity contribution in [1.82, 2.24) is 4.98 Å². The average molecular weight is 349 g/mol. The van der Waals surface area contributed by atoms with Gasteiger partial charge in [-0.3, -0.25) is 10.1 Å². The standard InChI is InChI=1S/C16H10ClFN2O4/c17-14-7-13(20(21)22)5-6-15(14)23-8-12-9-24-16(19-12)10-1-3-11(18)4-2-10/h1-7,9H,8H2. The summed E-state index contributed by atoms with van der Waals surface area (Å²) >= 11 is 5.95. The van der Waals surface area contributed by atoms with Gasteiger partial charge in [0.15, 0.2) is 0 Å². The second kappa shape index (κ2) is 6.67. The maximum atomic E-state index is 12.9. The number of ether oxygens (including phenoxy) is 1. The number of hydrogen-bond donors (Lipinski definition) is 0. The van der Waals surface area contributed by atoms with Gasteiger partial charge in [-0.2, -0.15) is 0 Å². The van der Waals surface area contributed by atoms with Gasteiger partial charge >= 0.3 is 0 Å². The SMILES string of the molecule is O=[N+]([O-])c1ccc(OCc2coc(-c3ccc(F)cc3)n2)c(Cl)c1. The minimum atomic E-state index is -0.539. The predicted octanol–water partition coefficient (Wildman–Crippen LogP) is 4.62. The topological polar surface area (TPSA) is 78.4 Å². The van der Waals surface area contributed by atoms with E-state index in [0.717, 1.165) is 0 Å². The molecule has 1 heterocycles. The second-order valence-electron chi connectivity index (χ2n) is 4.81. The number of rotatable bonds is 5. The number of nitro groups is 1. The van der Waals surface area contributed by atoms with Crippen LogP contribution in [0.3, 0.4) is 0 Å². The zero-order valence-electron chi connectivity index (χ0n) is 12.1. The summed E-state index contributed by atoms with van der Waals surface area (Å²) in [6.45, 7) is 0.0717. The highest BCUT2D eigenvalue weighted by Crippen LogP contribution is 2.29. The molecule has 0 N–H and O–H groups in total. The number of hydrogen-bond acceptors (Lipinski definition) is 5. The fraction of sp³-hybridized carbons (Fsp3) is 0.0625. The van der Waals surface area contributed by atoms with Crippen molar-refractivity contribution in [2.24, 2.45) is 0 Å². The van der Waals surface area contributed by atoms with Gasteiger partial charge in [-0.05, 0) is 30.3 Å². The summed E-state index contributed by atoms with van der Waals surface area (Å²) in [4.78, 5) is 14.4. The van der Waals surface area contributed by atoms with Crippen molar-refractivity contribution < 1.29 is 18.5 Å². The molecule has 0 fully saturated rings. The summed E-state index contributed by atoms with van der Waals surface area (Å²) in [6, 6.07) is 9.66. The van der Waals surface area contributed by atoms with E-state index < -0.39 is 4.92 Å². The summed E-state index contributed by atoms with van der Waals surface area (Å²) in [5.74, 6) is 0.290. The van der Waals surface area contributed by atoms with Crippen molar-refractivity contribution in [2.75, 3.05) is 0 Å². The maximum absolute atomic E-state index is 12.9. The lowest BCUT2D eigenvalue weighted by Crippen LogP contribution is -1.97. The van der Waals surface area contributed by atoms with Crippen LogP contribution >= 0.6 is 11.6 Å². The molecule has 8 heteroatoms. The quantitative estimate of drug-likeness (QED) is 0.496. The Morgan fingerprint density at radius 1 is 1.25 bits per heavy atom. The molecular weight excluding hydrogens is 339 g/mol. The van der Waals surface area contributed by atoms with E-state index in [4.69, 9.17) is 20.8 Å². The Morgan fingerprint density at radius 3 is 2.67 bits per heavy atom. The van der Waals surface area contributed by atoms with Gasteiger partial charge in [-0.15, -0.1) is 0 Å². The molecule has 0 aliphatic rings. The van der Waals surface area contributed by atoms with Crippen LogP contribution in [0.1, 0.15) is 5.69 Å². The number of non-ortho nitro benzene ring substituents is 1. The van der Waals surface area contributed by atoms with Crippen molar-refractivity contribution in [3.63, 3.8) is 0 Å². The van der Waals surface area contributed by atoms with Crippen molar-refractivity contribution in [3.8, 4) is 17.2 Å². The molecule has 0 unspecified atom stereocenters. The van der Waals surface area contributed by atoms with Crippen LogP contribution in [-0.4, -0.2) is 9.91 Å². The molecule has 0 spiro atoms. The van der Waals surface area contributed by atoms with Gasteiger partial charge in [-0.1, -0.05) is 11.6 Å². The lowest BCUT2D eigenvalue weighted by molar-refractivity contribution is -0.384. The number of nitrogens with zero attached hydrogens (tertiary/aromatic N) is 2. The molecule has 6 nitrogen and oxygen atoms in total. The molecule has 1 aromatic heterocycles. The molecule has 0 aliphatic heterocycles. The van der Waals surface area contributed by atoms with Crippen LogP contribution in [0, 0.1) is 15.9 Å². The van der Waals surface area contributed by atoms with Gasteiger partial charge in [0, 0.05) is 17.7 Å². The van der Waals surface area contributed by atoms with Crippen LogP contribution in [0.2, 0.25) is 5.02 Å². The Balaban J connectivity index is 1.69. The third-order valence-electron chi connectivity index (χ3n) is 3.14. The fourth-order valence-electron chi connectivity index (χ4n) is 1.97. The number of benzene rings is 2. The molecule has 0 saturated carbocycles. The van der Waals surface area contributed by atoms with E-state index in [0.29, 0.717) is 22.9 Å². The van der Waals surface area contributed by atoms with Gasteiger partial charge in [-0.25, -0.2) is 9.37 Å². The molecule has 0 saturated heterocycles. The lowest BCUT2D eigenvalue weighted by atomic mass is 10.2. The van der Waals surface area contributed by atoms with Crippen molar-refractivity contribution in [2.45, 2.75) is 6.61 Å². The minimum Gasteiger partial charge on any atom is -0.486 e. The van der Waals surface area contributed by atoms with E-state index in [-0.39, 0.29) is 23.1 Å². The number of halogens is 2. The van der Waals surface area contributed by atoms with E-state index in [1.54, 1.807) is 12.1 Å². The molecule has 3 aromatic rings. The van der Waals surface area contributed by atoms with E-state index in [1.807, 2.05) is 0 Å². The summed E-state index contributed by atoms with van der Waals surface area (Å²) in [7, 11) is 0. The lowest BCUT2D eigenvalue weighted by Gasteiger charge is -2.05. The van der Waals surface area contributed by atoms with Crippen LogP contribution in [0.4, 0.5) is 10.1 Å². The van der Waals surface area contributed by atoms with Crippen molar-refractivity contribution >= 4 is 17.3 Å². The molecule has 3 rings (SSSR count). The van der Waals surface area contributed by atoms with E-state index >= 15 is 0 Å². The first-order valence-corrected chi connectivity index (χ1v) is 7.18. The Kier molecular flexibility index (Phi) is 4.43. The van der Waals surface area contributed by atoms with E-state index in [9.17, 15) is 14.5 Å². The van der Waals surface area contributed by atoms with Gasteiger partial charge in [0.2, 0.25) is 5.89 Å². The van der Waals surface area contributed by atoms with Gasteiger partial charge in [0.05, 0.1) is 9.95 Å². The van der Waals surface area contributed by atoms with E-state index in [1.165, 1.54) is 36.6 Å². The summed E-state index contributed by atoms with van der Waals surface area (Å²) in [6.07, 6.45) is 1.41. The van der Waals surface area contributed by atoms with Crippen LogP contribution in [0.15, 0.2) is 53.1 Å². The Bertz CT molecular complexity index is 880. The highest BCUT2D eigenvalue weighted by Gasteiger charge is 2.12. The predicted molar refractivity (Wildman–Crippen MR) is 84.3 cm³/mol. The largest absolute Gasteiger partial charge is 0.486 e. The summed E-state index contributed by atoms with van der Waals surface area (Å²) < 4.78 is 23.7. The molecular formula is C16H10ClFN2O4. The highest BCUT2D eigenvalue weighted by atomic mass is 35.5. The molecule has 24 heavy (non-hydrogen) atoms. The molecule has 0 aliphatic carbocycles.